The Balaban J connectivity index is 2.00. The maximum Gasteiger partial charge on any atom is 0.264 e. The Hall–Kier alpha value is -2.25. The van der Waals surface area contributed by atoms with Crippen LogP contribution >= 0.6 is 22.9 Å². The molecule has 2 rings (SSSR count). The third kappa shape index (κ3) is 5.37. The number of carbonyl (C=O) groups excluding carboxylic acids is 2. The van der Waals surface area contributed by atoms with E-state index in [4.69, 9.17) is 21.1 Å². The molecule has 0 radical (unpaired) electrons. The van der Waals surface area contributed by atoms with Crippen molar-refractivity contribution in [2.45, 2.75) is 13.8 Å². The van der Waals surface area contributed by atoms with Crippen LogP contribution in [-0.4, -0.2) is 43.5 Å². The molecule has 0 aliphatic heterocycles. The predicted octanol–water partition coefficient (Wildman–Crippen LogP) is 3.91. The number of amides is 2. The molecule has 1 N–H and O–H groups in total. The molecule has 1 aromatic heterocycles. The fraction of sp³-hybridized carbons (Fsp3) is 0.333. The lowest BCUT2D eigenvalue weighted by atomic mass is 10.2. The molecular formula is C18H21ClN2O4S. The zero-order chi connectivity index (χ0) is 19.1. The van der Waals surface area contributed by atoms with Crippen LogP contribution in [0.2, 0.25) is 4.34 Å². The summed E-state index contributed by atoms with van der Waals surface area (Å²) in [5.74, 6) is 0.618. The second kappa shape index (κ2) is 9.45. The van der Waals surface area contributed by atoms with E-state index in [1.54, 1.807) is 37.4 Å². The lowest BCUT2D eigenvalue weighted by molar-refractivity contribution is -0.116. The summed E-state index contributed by atoms with van der Waals surface area (Å²) >= 11 is 7.03. The van der Waals surface area contributed by atoms with E-state index in [1.165, 1.54) is 16.2 Å². The number of halogens is 1. The van der Waals surface area contributed by atoms with Gasteiger partial charge >= 0.3 is 0 Å². The molecule has 2 aromatic rings. The Morgan fingerprint density at radius 3 is 2.42 bits per heavy atom. The third-order valence-electron chi connectivity index (χ3n) is 3.34. The highest BCUT2D eigenvalue weighted by Crippen LogP contribution is 2.30. The van der Waals surface area contributed by atoms with Gasteiger partial charge in [-0.2, -0.15) is 0 Å². The second-order valence-corrected chi connectivity index (χ2v) is 7.06. The summed E-state index contributed by atoms with van der Waals surface area (Å²) in [4.78, 5) is 26.3. The van der Waals surface area contributed by atoms with Crippen molar-refractivity contribution < 1.29 is 19.1 Å². The van der Waals surface area contributed by atoms with Crippen LogP contribution in [0.15, 0.2) is 30.3 Å². The molecule has 1 aromatic carbocycles. The van der Waals surface area contributed by atoms with Gasteiger partial charge in [-0.3, -0.25) is 9.59 Å². The number of hydrogen-bond donors (Lipinski definition) is 1. The smallest absolute Gasteiger partial charge is 0.264 e. The Morgan fingerprint density at radius 1 is 1.12 bits per heavy atom. The first-order chi connectivity index (χ1) is 12.4. The number of rotatable bonds is 8. The first-order valence-corrected chi connectivity index (χ1v) is 9.34. The Kier molecular flexibility index (Phi) is 7.29. The van der Waals surface area contributed by atoms with E-state index in [9.17, 15) is 9.59 Å². The lowest BCUT2D eigenvalue weighted by Crippen LogP contribution is -2.34. The highest BCUT2D eigenvalue weighted by molar-refractivity contribution is 7.17. The van der Waals surface area contributed by atoms with Gasteiger partial charge in [0.05, 0.1) is 29.0 Å². The van der Waals surface area contributed by atoms with Crippen LogP contribution in [0.5, 0.6) is 11.5 Å². The van der Waals surface area contributed by atoms with E-state index in [0.717, 1.165) is 0 Å². The van der Waals surface area contributed by atoms with Gasteiger partial charge in [0.1, 0.15) is 0 Å². The first-order valence-electron chi connectivity index (χ1n) is 8.14. The number of carbonyl (C=O) groups is 2. The van der Waals surface area contributed by atoms with Crippen molar-refractivity contribution in [2.24, 2.45) is 0 Å². The zero-order valence-corrected chi connectivity index (χ0v) is 16.4. The summed E-state index contributed by atoms with van der Waals surface area (Å²) in [5.41, 5.74) is 0.571. The minimum Gasteiger partial charge on any atom is -0.490 e. The molecule has 0 saturated carbocycles. The first kappa shape index (κ1) is 20.1. The van der Waals surface area contributed by atoms with E-state index < -0.39 is 0 Å². The Morgan fingerprint density at radius 2 is 1.81 bits per heavy atom. The van der Waals surface area contributed by atoms with Crippen LogP contribution in [-0.2, 0) is 4.79 Å². The summed E-state index contributed by atoms with van der Waals surface area (Å²) in [6.07, 6.45) is 0. The van der Waals surface area contributed by atoms with E-state index in [1.807, 2.05) is 13.8 Å². The average Bonchev–Trinajstić information content (AvgIpc) is 3.03. The summed E-state index contributed by atoms with van der Waals surface area (Å²) in [7, 11) is 1.57. The largest absolute Gasteiger partial charge is 0.490 e. The van der Waals surface area contributed by atoms with Gasteiger partial charge in [0.2, 0.25) is 5.91 Å². The van der Waals surface area contributed by atoms with Gasteiger partial charge in [-0.1, -0.05) is 11.6 Å². The molecule has 8 heteroatoms. The molecule has 140 valence electrons. The van der Waals surface area contributed by atoms with Crippen LogP contribution in [0.3, 0.4) is 0 Å². The molecule has 0 unspecified atom stereocenters. The maximum atomic E-state index is 12.3. The minimum absolute atomic E-state index is 0.0778. The summed E-state index contributed by atoms with van der Waals surface area (Å²) in [6.45, 7) is 4.69. The van der Waals surface area contributed by atoms with E-state index in [0.29, 0.717) is 39.6 Å². The molecular weight excluding hydrogens is 376 g/mol. The monoisotopic (exact) mass is 396 g/mol. The van der Waals surface area contributed by atoms with Crippen LogP contribution < -0.4 is 14.8 Å². The van der Waals surface area contributed by atoms with Crippen molar-refractivity contribution in [1.29, 1.82) is 0 Å². The summed E-state index contributed by atoms with van der Waals surface area (Å²) in [6, 6.07) is 8.47. The summed E-state index contributed by atoms with van der Waals surface area (Å²) < 4.78 is 11.6. The highest BCUT2D eigenvalue weighted by Gasteiger charge is 2.17. The standard InChI is InChI=1S/C18H21ClN2O4S/c1-4-24-13-7-6-12(10-14(13)25-5-2)20-17(22)11-21(3)18(23)15-8-9-16(19)26-15/h6-10H,4-5,11H2,1-3H3,(H,20,22). The Bertz CT molecular complexity index is 778. The lowest BCUT2D eigenvalue weighted by Gasteiger charge is -2.17. The fourth-order valence-electron chi connectivity index (χ4n) is 2.23. The van der Waals surface area contributed by atoms with Crippen LogP contribution in [0, 0.1) is 0 Å². The summed E-state index contributed by atoms with van der Waals surface area (Å²) in [5, 5.41) is 2.76. The number of thiophene rings is 1. The maximum absolute atomic E-state index is 12.3. The number of anilines is 1. The molecule has 0 atom stereocenters. The number of hydrogen-bond acceptors (Lipinski definition) is 5. The highest BCUT2D eigenvalue weighted by atomic mass is 35.5. The van der Waals surface area contributed by atoms with Crippen molar-refractivity contribution >= 4 is 40.4 Å². The van der Waals surface area contributed by atoms with Gasteiger partial charge in [-0.05, 0) is 38.1 Å². The van der Waals surface area contributed by atoms with Crippen molar-refractivity contribution in [2.75, 3.05) is 32.1 Å². The van der Waals surface area contributed by atoms with Gasteiger partial charge < -0.3 is 19.7 Å². The number of benzene rings is 1. The van der Waals surface area contributed by atoms with Gasteiger partial charge in [0.15, 0.2) is 11.5 Å². The molecule has 6 nitrogen and oxygen atoms in total. The van der Waals surface area contributed by atoms with Crippen molar-refractivity contribution in [3.63, 3.8) is 0 Å². The van der Waals surface area contributed by atoms with Crippen molar-refractivity contribution in [3.05, 3.63) is 39.5 Å². The van der Waals surface area contributed by atoms with Crippen molar-refractivity contribution in [3.8, 4) is 11.5 Å². The number of nitrogens with one attached hydrogen (secondary N) is 1. The van der Waals surface area contributed by atoms with E-state index in [2.05, 4.69) is 5.32 Å². The molecule has 0 saturated heterocycles. The number of nitrogens with zero attached hydrogens (tertiary/aromatic N) is 1. The third-order valence-corrected chi connectivity index (χ3v) is 4.56. The quantitative estimate of drug-likeness (QED) is 0.734. The SMILES string of the molecule is CCOc1ccc(NC(=O)CN(C)C(=O)c2ccc(Cl)s2)cc1OCC. The predicted molar refractivity (Wildman–Crippen MR) is 104 cm³/mol. The van der Waals surface area contributed by atoms with Gasteiger partial charge in [-0.15, -0.1) is 11.3 Å². The molecule has 1 heterocycles. The van der Waals surface area contributed by atoms with Gasteiger partial charge in [-0.25, -0.2) is 0 Å². The fourth-order valence-corrected chi connectivity index (χ4v) is 3.27. The van der Waals surface area contributed by atoms with Gasteiger partial charge in [0.25, 0.3) is 5.91 Å². The zero-order valence-electron chi connectivity index (χ0n) is 14.9. The molecule has 2 amide bonds. The Labute approximate surface area is 161 Å². The normalized spacial score (nSPS) is 10.3. The molecule has 0 aliphatic carbocycles. The molecule has 26 heavy (non-hydrogen) atoms. The molecule has 0 spiro atoms. The second-order valence-electron chi connectivity index (χ2n) is 5.34. The number of likely N-dealkylation sites (N-methyl/N-ethyl adjacent to an activating group) is 1. The topological polar surface area (TPSA) is 67.9 Å². The van der Waals surface area contributed by atoms with Gasteiger partial charge in [0, 0.05) is 18.8 Å². The van der Waals surface area contributed by atoms with Crippen LogP contribution in [0.1, 0.15) is 23.5 Å². The number of ether oxygens (including phenoxy) is 2. The molecule has 0 bridgehead atoms. The average molecular weight is 397 g/mol. The molecule has 0 aliphatic rings. The van der Waals surface area contributed by atoms with E-state index in [-0.39, 0.29) is 18.4 Å². The van der Waals surface area contributed by atoms with Crippen LogP contribution in [0.25, 0.3) is 0 Å². The van der Waals surface area contributed by atoms with Crippen molar-refractivity contribution in [1.82, 2.24) is 4.90 Å². The van der Waals surface area contributed by atoms with Crippen LogP contribution in [0.4, 0.5) is 5.69 Å². The molecule has 0 fully saturated rings. The minimum atomic E-state index is -0.310. The van der Waals surface area contributed by atoms with E-state index >= 15 is 0 Å².